The lowest BCUT2D eigenvalue weighted by molar-refractivity contribution is 0.250. The molecule has 6 rings (SSSR count). The number of hydrogen-bond acceptors (Lipinski definition) is 4. The monoisotopic (exact) mass is 459 g/mol. The van der Waals surface area contributed by atoms with Gasteiger partial charge in [0.1, 0.15) is 0 Å². The quantitative estimate of drug-likeness (QED) is 0.342. The number of aromatic nitrogens is 3. The van der Waals surface area contributed by atoms with E-state index in [1.54, 1.807) is 0 Å². The van der Waals surface area contributed by atoms with Crippen molar-refractivity contribution in [3.8, 4) is 22.3 Å². The molecule has 0 radical (unpaired) electrons. The second-order valence-electron chi connectivity index (χ2n) is 9.29. The Bertz CT molecular complexity index is 1430. The molecular weight excluding hydrogens is 430 g/mol. The van der Waals surface area contributed by atoms with Crippen molar-refractivity contribution in [2.24, 2.45) is 7.05 Å². The molecule has 3 heterocycles. The third kappa shape index (κ3) is 4.55. The van der Waals surface area contributed by atoms with Crippen molar-refractivity contribution >= 4 is 16.6 Å². The maximum atomic E-state index is 4.65. The van der Waals surface area contributed by atoms with Crippen LogP contribution in [0, 0.1) is 0 Å². The molecule has 5 heteroatoms. The minimum Gasteiger partial charge on any atom is -0.369 e. The highest BCUT2D eigenvalue weighted by Gasteiger charge is 2.18. The third-order valence-electron chi connectivity index (χ3n) is 6.92. The minimum absolute atomic E-state index is 1.00. The number of nitrogens with zero attached hydrogens (tertiary/aromatic N) is 5. The molecule has 0 N–H and O–H groups in total. The zero-order chi connectivity index (χ0) is 23.6. The lowest BCUT2D eigenvalue weighted by atomic mass is 9.96. The van der Waals surface area contributed by atoms with Crippen molar-refractivity contribution in [2.75, 3.05) is 31.1 Å². The van der Waals surface area contributed by atoms with Gasteiger partial charge in [0.15, 0.2) is 0 Å². The Morgan fingerprint density at radius 2 is 1.57 bits per heavy atom. The summed E-state index contributed by atoms with van der Waals surface area (Å²) >= 11 is 0. The lowest BCUT2D eigenvalue weighted by Gasteiger charge is -2.36. The van der Waals surface area contributed by atoms with Gasteiger partial charge in [-0.3, -0.25) is 14.6 Å². The average molecular weight is 460 g/mol. The van der Waals surface area contributed by atoms with Crippen LogP contribution in [0.4, 0.5) is 5.69 Å². The highest BCUT2D eigenvalue weighted by molar-refractivity contribution is 5.98. The molecule has 1 fully saturated rings. The van der Waals surface area contributed by atoms with Gasteiger partial charge >= 0.3 is 0 Å². The van der Waals surface area contributed by atoms with Crippen LogP contribution in [-0.2, 0) is 13.6 Å². The molecule has 0 bridgehead atoms. The lowest BCUT2D eigenvalue weighted by Crippen LogP contribution is -2.45. The van der Waals surface area contributed by atoms with Crippen LogP contribution < -0.4 is 4.90 Å². The molecular formula is C30H29N5. The molecule has 5 nitrogen and oxygen atoms in total. The van der Waals surface area contributed by atoms with Crippen LogP contribution in [0.25, 0.3) is 33.2 Å². The minimum atomic E-state index is 1.00. The fraction of sp³-hybridized carbons (Fsp3) is 0.200. The van der Waals surface area contributed by atoms with Gasteiger partial charge in [0.25, 0.3) is 0 Å². The van der Waals surface area contributed by atoms with Crippen molar-refractivity contribution in [2.45, 2.75) is 6.54 Å². The van der Waals surface area contributed by atoms with Gasteiger partial charge in [-0.2, -0.15) is 5.10 Å². The van der Waals surface area contributed by atoms with E-state index in [1.165, 1.54) is 27.8 Å². The molecule has 1 aliphatic rings. The number of aryl methyl sites for hydroxylation is 1. The summed E-state index contributed by atoms with van der Waals surface area (Å²) in [5.41, 5.74) is 8.33. The van der Waals surface area contributed by atoms with E-state index >= 15 is 0 Å². The van der Waals surface area contributed by atoms with E-state index in [4.69, 9.17) is 0 Å². The highest BCUT2D eigenvalue weighted by Crippen LogP contribution is 2.34. The number of fused-ring (bicyclic) bond motifs is 1. The zero-order valence-corrected chi connectivity index (χ0v) is 20.0. The van der Waals surface area contributed by atoms with E-state index in [0.29, 0.717) is 0 Å². The highest BCUT2D eigenvalue weighted by atomic mass is 15.3. The Labute approximate surface area is 206 Å². The molecule has 35 heavy (non-hydrogen) atoms. The van der Waals surface area contributed by atoms with Crippen LogP contribution in [0.15, 0.2) is 97.5 Å². The maximum absolute atomic E-state index is 4.65. The third-order valence-corrected chi connectivity index (χ3v) is 6.92. The Morgan fingerprint density at radius 1 is 0.771 bits per heavy atom. The Hall–Kier alpha value is -3.96. The summed E-state index contributed by atoms with van der Waals surface area (Å²) in [6.07, 6.45) is 5.82. The van der Waals surface area contributed by atoms with Crippen LogP contribution in [0.1, 0.15) is 5.56 Å². The number of benzene rings is 3. The number of pyridine rings is 1. The van der Waals surface area contributed by atoms with Crippen LogP contribution in [0.5, 0.6) is 0 Å². The first-order valence-corrected chi connectivity index (χ1v) is 12.2. The first-order chi connectivity index (χ1) is 17.2. The molecule has 174 valence electrons. The summed E-state index contributed by atoms with van der Waals surface area (Å²) < 4.78 is 1.84. The zero-order valence-electron chi connectivity index (χ0n) is 20.0. The molecule has 0 saturated carbocycles. The normalized spacial score (nSPS) is 14.5. The summed E-state index contributed by atoms with van der Waals surface area (Å²) in [4.78, 5) is 9.69. The number of anilines is 1. The van der Waals surface area contributed by atoms with E-state index in [2.05, 4.69) is 98.9 Å². The first kappa shape index (κ1) is 21.6. The maximum Gasteiger partial charge on any atom is 0.0714 e. The molecule has 1 aliphatic heterocycles. The molecule has 0 aliphatic carbocycles. The molecule has 0 unspecified atom stereocenters. The predicted octanol–water partition coefficient (Wildman–Crippen LogP) is 5.62. The predicted molar refractivity (Wildman–Crippen MR) is 143 cm³/mol. The molecule has 0 amide bonds. The van der Waals surface area contributed by atoms with Crippen molar-refractivity contribution < 1.29 is 0 Å². The summed E-state index contributed by atoms with van der Waals surface area (Å²) in [5.74, 6) is 0. The van der Waals surface area contributed by atoms with Crippen molar-refractivity contribution in [1.29, 1.82) is 0 Å². The molecule has 5 aromatic rings. The number of rotatable bonds is 5. The largest absolute Gasteiger partial charge is 0.369 e. The van der Waals surface area contributed by atoms with Crippen LogP contribution in [-0.4, -0.2) is 45.8 Å². The molecule has 1 saturated heterocycles. The van der Waals surface area contributed by atoms with Gasteiger partial charge in [0.05, 0.1) is 11.7 Å². The topological polar surface area (TPSA) is 37.2 Å². The van der Waals surface area contributed by atoms with Gasteiger partial charge in [-0.05, 0) is 52.6 Å². The van der Waals surface area contributed by atoms with Gasteiger partial charge in [-0.25, -0.2) is 0 Å². The molecule has 2 aromatic heterocycles. The summed E-state index contributed by atoms with van der Waals surface area (Å²) in [6.45, 7) is 5.30. The molecule has 0 spiro atoms. The van der Waals surface area contributed by atoms with E-state index in [9.17, 15) is 0 Å². The second kappa shape index (κ2) is 9.35. The van der Waals surface area contributed by atoms with Gasteiger partial charge in [-0.1, -0.05) is 48.5 Å². The standard InChI is InChI=1S/C30H29N5/c1-33-22-26(20-32-33)25-18-29(28-8-5-13-31-30(28)19-25)24-9-11-27(12-10-24)35-16-14-34(15-17-35)21-23-6-3-2-4-7-23/h2-13,18-20,22H,14-17,21H2,1H3. The van der Waals surface area contributed by atoms with Crippen molar-refractivity contribution in [3.05, 3.63) is 103 Å². The number of hydrogen-bond donors (Lipinski definition) is 0. The van der Waals surface area contributed by atoms with E-state index in [-0.39, 0.29) is 0 Å². The van der Waals surface area contributed by atoms with Crippen LogP contribution in [0.2, 0.25) is 0 Å². The van der Waals surface area contributed by atoms with E-state index in [1.807, 2.05) is 30.2 Å². The van der Waals surface area contributed by atoms with Gasteiger partial charge in [0, 0.05) is 68.8 Å². The second-order valence-corrected chi connectivity index (χ2v) is 9.29. The Balaban J connectivity index is 1.22. The summed E-state index contributed by atoms with van der Waals surface area (Å²) in [7, 11) is 1.95. The molecule has 3 aromatic carbocycles. The van der Waals surface area contributed by atoms with Gasteiger partial charge < -0.3 is 4.90 Å². The summed E-state index contributed by atoms with van der Waals surface area (Å²) in [6, 6.07) is 28.4. The van der Waals surface area contributed by atoms with Gasteiger partial charge in [-0.15, -0.1) is 0 Å². The Morgan fingerprint density at radius 3 is 2.31 bits per heavy atom. The van der Waals surface area contributed by atoms with Crippen LogP contribution in [0.3, 0.4) is 0 Å². The average Bonchev–Trinajstić information content (AvgIpc) is 3.35. The van der Waals surface area contributed by atoms with Crippen molar-refractivity contribution in [1.82, 2.24) is 19.7 Å². The summed E-state index contributed by atoms with van der Waals surface area (Å²) in [5, 5.41) is 5.52. The number of piperazine rings is 1. The first-order valence-electron chi connectivity index (χ1n) is 12.2. The van der Waals surface area contributed by atoms with Crippen LogP contribution >= 0.6 is 0 Å². The smallest absolute Gasteiger partial charge is 0.0714 e. The SMILES string of the molecule is Cn1cc(-c2cc(-c3ccc(N4CCN(Cc5ccccc5)CC4)cc3)c3cccnc3c2)cn1. The Kier molecular flexibility index (Phi) is 5.76. The molecule has 0 atom stereocenters. The van der Waals surface area contributed by atoms with Gasteiger partial charge in [0.2, 0.25) is 0 Å². The van der Waals surface area contributed by atoms with E-state index < -0.39 is 0 Å². The van der Waals surface area contributed by atoms with Crippen molar-refractivity contribution in [3.63, 3.8) is 0 Å². The fourth-order valence-electron chi connectivity index (χ4n) is 5.02. The van der Waals surface area contributed by atoms with E-state index in [0.717, 1.165) is 49.4 Å². The fourth-order valence-corrected chi connectivity index (χ4v) is 5.02.